The maximum Gasteiger partial charge on any atom is 0.310 e. The maximum atomic E-state index is 14.8. The average Bonchev–Trinajstić information content (AvgIpc) is 3.56. The number of H-pyrrole nitrogens is 1. The summed E-state index contributed by atoms with van der Waals surface area (Å²) in [5.41, 5.74) is 2.48. The van der Waals surface area contributed by atoms with E-state index in [9.17, 15) is 18.8 Å². The lowest BCUT2D eigenvalue weighted by Crippen LogP contribution is -2.30. The van der Waals surface area contributed by atoms with Gasteiger partial charge in [0.05, 0.1) is 36.5 Å². The number of aromatic amines is 1. The van der Waals surface area contributed by atoms with Gasteiger partial charge in [-0.2, -0.15) is 9.78 Å². The second-order valence-electron chi connectivity index (χ2n) is 9.64. The lowest BCUT2D eigenvalue weighted by atomic mass is 9.99. The number of tetrazole rings is 1. The Bertz CT molecular complexity index is 1880. The first-order chi connectivity index (χ1) is 21.3. The molecule has 0 radical (unpaired) electrons. The molecule has 2 N–H and O–H groups in total. The molecular formula is C31H25ClFN7O4. The number of carbonyl (C=O) groups excluding carboxylic acids is 2. The zero-order valence-corrected chi connectivity index (χ0v) is 24.0. The van der Waals surface area contributed by atoms with Gasteiger partial charge in [-0.3, -0.25) is 14.4 Å². The molecule has 11 nitrogen and oxygen atoms in total. The molecule has 5 aromatic rings. The van der Waals surface area contributed by atoms with Gasteiger partial charge >= 0.3 is 5.97 Å². The van der Waals surface area contributed by atoms with Crippen LogP contribution in [0.3, 0.4) is 0 Å². The molecule has 44 heavy (non-hydrogen) atoms. The van der Waals surface area contributed by atoms with Crippen LogP contribution in [-0.4, -0.2) is 49.4 Å². The summed E-state index contributed by atoms with van der Waals surface area (Å²) in [6.45, 7) is 0. The third kappa shape index (κ3) is 7.28. The number of rotatable bonds is 10. The van der Waals surface area contributed by atoms with Crippen molar-refractivity contribution < 1.29 is 18.7 Å². The molecule has 0 bridgehead atoms. The molecule has 222 valence electrons. The van der Waals surface area contributed by atoms with E-state index in [0.29, 0.717) is 28.4 Å². The first-order valence-electron chi connectivity index (χ1n) is 13.3. The molecule has 0 spiro atoms. The second-order valence-corrected chi connectivity index (χ2v) is 10.1. The zero-order valence-electron chi connectivity index (χ0n) is 23.3. The molecule has 1 atom stereocenters. The summed E-state index contributed by atoms with van der Waals surface area (Å²) in [6, 6.07) is 19.5. The number of methoxy groups -OCH3 is 1. The van der Waals surface area contributed by atoms with E-state index in [4.69, 9.17) is 11.6 Å². The molecule has 5 rings (SSSR count). The number of hydrogen-bond donors (Lipinski definition) is 2. The molecule has 3 aromatic carbocycles. The van der Waals surface area contributed by atoms with Gasteiger partial charge in [-0.15, -0.1) is 5.10 Å². The van der Waals surface area contributed by atoms with Gasteiger partial charge in [-0.25, -0.2) is 9.49 Å². The number of halogens is 2. The normalized spacial score (nSPS) is 11.8. The van der Waals surface area contributed by atoms with Crippen molar-refractivity contribution in [2.75, 3.05) is 7.11 Å². The Morgan fingerprint density at radius 2 is 1.93 bits per heavy atom. The van der Waals surface area contributed by atoms with Crippen LogP contribution in [0.15, 0.2) is 90.0 Å². The van der Waals surface area contributed by atoms with Gasteiger partial charge in [-0.1, -0.05) is 54.1 Å². The van der Waals surface area contributed by atoms with E-state index in [-0.39, 0.29) is 23.1 Å². The number of hydrogen-bond acceptors (Lipinski definition) is 8. The van der Waals surface area contributed by atoms with Gasteiger partial charge in [0.25, 0.3) is 5.56 Å². The predicted octanol–water partition coefficient (Wildman–Crippen LogP) is 4.03. The smallest absolute Gasteiger partial charge is 0.310 e. The van der Waals surface area contributed by atoms with Crippen molar-refractivity contribution in [2.45, 2.75) is 18.9 Å². The maximum absolute atomic E-state index is 14.8. The molecular weight excluding hydrogens is 589 g/mol. The quantitative estimate of drug-likeness (QED) is 0.177. The Morgan fingerprint density at radius 1 is 1.11 bits per heavy atom. The minimum atomic E-state index is -0.674. The summed E-state index contributed by atoms with van der Waals surface area (Å²) in [5.74, 6) is -1.69. The van der Waals surface area contributed by atoms with Crippen molar-refractivity contribution in [3.05, 3.63) is 129 Å². The Kier molecular flexibility index (Phi) is 9.31. The standard InChI is InChI=1S/C31H25ClFN7O4/c1-44-30(42)16-21-8-7-20(15-25(21)33)24-17-27(36-37-31(24)43)26(13-19-5-3-2-4-6-19)35-29(41)12-9-22-14-23(32)10-11-28(22)40-18-34-38-39-40/h2-12,14-15,17-18,26H,13,16H2,1H3,(H,35,41)(H,37,43)/b12-9+/t26-/m0/s1. The Hall–Kier alpha value is -5.49. The number of carbonyl (C=O) groups is 2. The van der Waals surface area contributed by atoms with Crippen LogP contribution < -0.4 is 10.9 Å². The SMILES string of the molecule is COC(=O)Cc1ccc(-c2cc([C@H](Cc3ccccc3)NC(=O)/C=C/c3cc(Cl)ccc3-n3cnnn3)n[nH]c2=O)cc1F. The van der Waals surface area contributed by atoms with Crippen molar-refractivity contribution in [3.8, 4) is 16.8 Å². The molecule has 0 saturated carbocycles. The third-order valence-corrected chi connectivity index (χ3v) is 6.94. The number of aromatic nitrogens is 6. The molecule has 0 saturated heterocycles. The Balaban J connectivity index is 1.44. The van der Waals surface area contributed by atoms with Gasteiger partial charge in [0.2, 0.25) is 5.91 Å². The van der Waals surface area contributed by atoms with E-state index in [1.54, 1.807) is 24.3 Å². The number of esters is 1. The van der Waals surface area contributed by atoms with Crippen LogP contribution in [0.25, 0.3) is 22.9 Å². The fourth-order valence-electron chi connectivity index (χ4n) is 4.50. The van der Waals surface area contributed by atoms with Crippen molar-refractivity contribution >= 4 is 29.6 Å². The number of amides is 1. The van der Waals surface area contributed by atoms with Gasteiger partial charge in [0, 0.05) is 16.7 Å². The van der Waals surface area contributed by atoms with E-state index in [1.807, 2.05) is 30.3 Å². The molecule has 0 fully saturated rings. The second kappa shape index (κ2) is 13.7. The summed E-state index contributed by atoms with van der Waals surface area (Å²) in [6.07, 6.45) is 4.46. The summed E-state index contributed by atoms with van der Waals surface area (Å²) in [5, 5.41) is 21.3. The topological polar surface area (TPSA) is 145 Å². The van der Waals surface area contributed by atoms with Crippen LogP contribution >= 0.6 is 11.6 Å². The first kappa shape index (κ1) is 30.0. The lowest BCUT2D eigenvalue weighted by molar-refractivity contribution is -0.139. The number of nitrogens with zero attached hydrogens (tertiary/aromatic N) is 5. The molecule has 2 aromatic heterocycles. The summed E-state index contributed by atoms with van der Waals surface area (Å²) >= 11 is 6.20. The van der Waals surface area contributed by atoms with Crippen LogP contribution in [0.4, 0.5) is 4.39 Å². The van der Waals surface area contributed by atoms with Crippen LogP contribution in [-0.2, 0) is 27.2 Å². The number of benzene rings is 3. The molecule has 0 aliphatic rings. The minimum absolute atomic E-state index is 0.134. The van der Waals surface area contributed by atoms with Gasteiger partial charge in [0.1, 0.15) is 12.1 Å². The lowest BCUT2D eigenvalue weighted by Gasteiger charge is -2.18. The highest BCUT2D eigenvalue weighted by molar-refractivity contribution is 6.30. The molecule has 13 heteroatoms. The van der Waals surface area contributed by atoms with E-state index >= 15 is 0 Å². The molecule has 1 amide bonds. The van der Waals surface area contributed by atoms with Crippen LogP contribution in [0.5, 0.6) is 0 Å². The Labute approximate surface area is 255 Å². The van der Waals surface area contributed by atoms with E-state index < -0.39 is 29.3 Å². The van der Waals surface area contributed by atoms with Crippen molar-refractivity contribution in [3.63, 3.8) is 0 Å². The average molecular weight is 614 g/mol. The zero-order chi connectivity index (χ0) is 31.1. The van der Waals surface area contributed by atoms with E-state index in [1.165, 1.54) is 48.5 Å². The Morgan fingerprint density at radius 3 is 2.66 bits per heavy atom. The highest BCUT2D eigenvalue weighted by atomic mass is 35.5. The van der Waals surface area contributed by atoms with E-state index in [0.717, 1.165) is 5.56 Å². The minimum Gasteiger partial charge on any atom is -0.469 e. The fourth-order valence-corrected chi connectivity index (χ4v) is 4.68. The van der Waals surface area contributed by atoms with Crippen LogP contribution in [0, 0.1) is 5.82 Å². The monoisotopic (exact) mass is 613 g/mol. The van der Waals surface area contributed by atoms with Crippen LogP contribution in [0.2, 0.25) is 5.02 Å². The fraction of sp³-hybridized carbons (Fsp3) is 0.129. The van der Waals surface area contributed by atoms with Crippen molar-refractivity contribution in [1.82, 2.24) is 35.7 Å². The first-order valence-corrected chi connectivity index (χ1v) is 13.7. The molecule has 0 aliphatic carbocycles. The van der Waals surface area contributed by atoms with Gasteiger partial charge in [0.15, 0.2) is 0 Å². The summed E-state index contributed by atoms with van der Waals surface area (Å²) < 4.78 is 20.9. The third-order valence-electron chi connectivity index (χ3n) is 6.71. The van der Waals surface area contributed by atoms with Gasteiger partial charge in [-0.05, 0) is 69.9 Å². The predicted molar refractivity (Wildman–Crippen MR) is 160 cm³/mol. The molecule has 0 aliphatic heterocycles. The molecule has 2 heterocycles. The largest absolute Gasteiger partial charge is 0.469 e. The molecule has 0 unspecified atom stereocenters. The highest BCUT2D eigenvalue weighted by Crippen LogP contribution is 2.24. The van der Waals surface area contributed by atoms with Crippen LogP contribution in [0.1, 0.15) is 28.4 Å². The van der Waals surface area contributed by atoms with Crippen molar-refractivity contribution in [2.24, 2.45) is 0 Å². The highest BCUT2D eigenvalue weighted by Gasteiger charge is 2.19. The summed E-state index contributed by atoms with van der Waals surface area (Å²) in [7, 11) is 1.22. The number of nitrogens with one attached hydrogen (secondary N) is 2. The van der Waals surface area contributed by atoms with Gasteiger partial charge < -0.3 is 10.1 Å². The van der Waals surface area contributed by atoms with E-state index in [2.05, 4.69) is 35.8 Å². The van der Waals surface area contributed by atoms with Crippen molar-refractivity contribution in [1.29, 1.82) is 0 Å². The summed E-state index contributed by atoms with van der Waals surface area (Å²) in [4.78, 5) is 37.6. The number of ether oxygens (including phenoxy) is 1.